The average Bonchev–Trinajstić information content (AvgIpc) is 3.24. The van der Waals surface area contributed by atoms with Gasteiger partial charge in [-0.2, -0.15) is 5.10 Å². The fourth-order valence-corrected chi connectivity index (χ4v) is 3.20. The molecule has 9 heteroatoms. The van der Waals surface area contributed by atoms with E-state index in [1.165, 1.54) is 18.5 Å². The first-order valence-electron chi connectivity index (χ1n) is 10.3. The van der Waals surface area contributed by atoms with Crippen molar-refractivity contribution >= 4 is 22.5 Å². The predicted molar refractivity (Wildman–Crippen MR) is 122 cm³/mol. The standard InChI is InChI=1S/C24H24FN5O3/c1-24(2,3)30-13-16(12-28-30)29-22(31)9-15-5-6-18(11-20(15)25)33-23-19-10-17(32-4)7-8-21(19)26-14-27-23/h5-8,10-14H,9H2,1-4H3,(H,29,31). The van der Waals surface area contributed by atoms with Gasteiger partial charge in [-0.1, -0.05) is 6.07 Å². The Bertz CT molecular complexity index is 1310. The maximum atomic E-state index is 14.7. The third kappa shape index (κ3) is 5.08. The third-order valence-electron chi connectivity index (χ3n) is 4.95. The number of amides is 1. The Labute approximate surface area is 190 Å². The number of anilines is 1. The molecule has 0 unspecified atom stereocenters. The van der Waals surface area contributed by atoms with Gasteiger partial charge >= 0.3 is 0 Å². The van der Waals surface area contributed by atoms with Crippen LogP contribution in [0, 0.1) is 5.82 Å². The molecule has 1 N–H and O–H groups in total. The molecule has 0 aliphatic carbocycles. The van der Waals surface area contributed by atoms with Crippen molar-refractivity contribution in [3.05, 3.63) is 66.5 Å². The normalized spacial score (nSPS) is 11.4. The van der Waals surface area contributed by atoms with E-state index in [2.05, 4.69) is 20.4 Å². The molecule has 0 bridgehead atoms. The zero-order valence-corrected chi connectivity index (χ0v) is 18.8. The van der Waals surface area contributed by atoms with E-state index in [1.807, 2.05) is 20.8 Å². The number of nitrogens with zero attached hydrogens (tertiary/aromatic N) is 4. The monoisotopic (exact) mass is 449 g/mol. The van der Waals surface area contributed by atoms with Gasteiger partial charge in [-0.3, -0.25) is 9.48 Å². The second-order valence-electron chi connectivity index (χ2n) is 8.49. The molecular formula is C24H24FN5O3. The summed E-state index contributed by atoms with van der Waals surface area (Å²) >= 11 is 0. The first-order valence-corrected chi connectivity index (χ1v) is 10.3. The number of aromatic nitrogens is 4. The van der Waals surface area contributed by atoms with E-state index in [-0.39, 0.29) is 35.1 Å². The van der Waals surface area contributed by atoms with Crippen LogP contribution in [0.1, 0.15) is 26.3 Å². The molecule has 2 heterocycles. The molecule has 0 aliphatic rings. The lowest BCUT2D eigenvalue weighted by Gasteiger charge is -2.18. The Morgan fingerprint density at radius 3 is 2.61 bits per heavy atom. The summed E-state index contributed by atoms with van der Waals surface area (Å²) in [5.41, 5.74) is 1.27. The summed E-state index contributed by atoms with van der Waals surface area (Å²) in [4.78, 5) is 20.8. The van der Waals surface area contributed by atoms with Crippen molar-refractivity contribution in [2.24, 2.45) is 0 Å². The molecule has 2 aromatic carbocycles. The molecule has 170 valence electrons. The zero-order valence-electron chi connectivity index (χ0n) is 18.8. The summed E-state index contributed by atoms with van der Waals surface area (Å²) in [5.74, 6) is 0.266. The van der Waals surface area contributed by atoms with Crippen LogP contribution in [0.25, 0.3) is 10.9 Å². The Hall–Kier alpha value is -4.01. The zero-order chi connectivity index (χ0) is 23.6. The number of ether oxygens (including phenoxy) is 2. The molecule has 4 rings (SSSR count). The second kappa shape index (κ2) is 8.85. The van der Waals surface area contributed by atoms with Gasteiger partial charge in [0.1, 0.15) is 23.6 Å². The van der Waals surface area contributed by atoms with Gasteiger partial charge in [-0.15, -0.1) is 0 Å². The number of halogens is 1. The second-order valence-corrected chi connectivity index (χ2v) is 8.49. The molecule has 0 radical (unpaired) electrons. The Morgan fingerprint density at radius 1 is 1.12 bits per heavy atom. The topological polar surface area (TPSA) is 91.2 Å². The summed E-state index contributed by atoms with van der Waals surface area (Å²) < 4.78 is 27.5. The van der Waals surface area contributed by atoms with Crippen molar-refractivity contribution in [1.82, 2.24) is 19.7 Å². The Balaban J connectivity index is 1.47. The molecule has 0 saturated carbocycles. The van der Waals surface area contributed by atoms with E-state index < -0.39 is 5.82 Å². The molecular weight excluding hydrogens is 425 g/mol. The van der Waals surface area contributed by atoms with Gasteiger partial charge in [0, 0.05) is 12.3 Å². The number of hydrogen-bond donors (Lipinski definition) is 1. The van der Waals surface area contributed by atoms with Crippen LogP contribution >= 0.6 is 0 Å². The number of fused-ring (bicyclic) bond motifs is 1. The van der Waals surface area contributed by atoms with Gasteiger partial charge in [0.2, 0.25) is 11.8 Å². The van der Waals surface area contributed by atoms with Crippen molar-refractivity contribution in [2.45, 2.75) is 32.7 Å². The lowest BCUT2D eigenvalue weighted by molar-refractivity contribution is -0.115. The van der Waals surface area contributed by atoms with Crippen LogP contribution < -0.4 is 14.8 Å². The first kappa shape index (κ1) is 22.2. The number of carbonyl (C=O) groups is 1. The minimum atomic E-state index is -0.552. The van der Waals surface area contributed by atoms with Gasteiger partial charge in [0.15, 0.2) is 0 Å². The molecule has 0 atom stereocenters. The van der Waals surface area contributed by atoms with E-state index in [9.17, 15) is 9.18 Å². The van der Waals surface area contributed by atoms with Crippen LogP contribution in [-0.4, -0.2) is 32.8 Å². The van der Waals surface area contributed by atoms with Crippen molar-refractivity contribution in [1.29, 1.82) is 0 Å². The number of rotatable bonds is 6. The van der Waals surface area contributed by atoms with Crippen LogP contribution in [0.15, 0.2) is 55.1 Å². The van der Waals surface area contributed by atoms with Crippen LogP contribution in [0.5, 0.6) is 17.4 Å². The largest absolute Gasteiger partial charge is 0.497 e. The van der Waals surface area contributed by atoms with Gasteiger partial charge < -0.3 is 14.8 Å². The number of methoxy groups -OCH3 is 1. The SMILES string of the molecule is COc1ccc2ncnc(Oc3ccc(CC(=O)Nc4cnn(C(C)(C)C)c4)c(F)c3)c2c1. The fourth-order valence-electron chi connectivity index (χ4n) is 3.20. The van der Waals surface area contributed by atoms with Crippen LogP contribution in [0.3, 0.4) is 0 Å². The highest BCUT2D eigenvalue weighted by Gasteiger charge is 2.16. The fraction of sp³-hybridized carbons (Fsp3) is 0.250. The highest BCUT2D eigenvalue weighted by atomic mass is 19.1. The van der Waals surface area contributed by atoms with E-state index >= 15 is 0 Å². The number of carbonyl (C=O) groups excluding carboxylic acids is 1. The maximum absolute atomic E-state index is 14.7. The lowest BCUT2D eigenvalue weighted by atomic mass is 10.1. The van der Waals surface area contributed by atoms with Crippen LogP contribution in [-0.2, 0) is 16.8 Å². The summed E-state index contributed by atoms with van der Waals surface area (Å²) in [6, 6.07) is 9.67. The minimum absolute atomic E-state index is 0.125. The maximum Gasteiger partial charge on any atom is 0.230 e. The summed E-state index contributed by atoms with van der Waals surface area (Å²) in [6.07, 6.45) is 4.56. The summed E-state index contributed by atoms with van der Waals surface area (Å²) in [6.45, 7) is 6.02. The molecule has 8 nitrogen and oxygen atoms in total. The molecule has 0 fully saturated rings. The molecule has 0 saturated heterocycles. The van der Waals surface area contributed by atoms with E-state index in [0.29, 0.717) is 22.3 Å². The minimum Gasteiger partial charge on any atom is -0.497 e. The van der Waals surface area contributed by atoms with Gasteiger partial charge in [-0.25, -0.2) is 14.4 Å². The predicted octanol–water partition coefficient (Wildman–Crippen LogP) is 4.70. The van der Waals surface area contributed by atoms with Crippen molar-refractivity contribution < 1.29 is 18.7 Å². The lowest BCUT2D eigenvalue weighted by Crippen LogP contribution is -2.22. The van der Waals surface area contributed by atoms with Crippen molar-refractivity contribution in [3.63, 3.8) is 0 Å². The smallest absolute Gasteiger partial charge is 0.230 e. The summed E-state index contributed by atoms with van der Waals surface area (Å²) in [7, 11) is 1.56. The van der Waals surface area contributed by atoms with Gasteiger partial charge in [-0.05, 0) is 50.6 Å². The van der Waals surface area contributed by atoms with Crippen molar-refractivity contribution in [3.8, 4) is 17.4 Å². The van der Waals surface area contributed by atoms with Crippen molar-refractivity contribution in [2.75, 3.05) is 12.4 Å². The molecule has 0 spiro atoms. The molecule has 33 heavy (non-hydrogen) atoms. The highest BCUT2D eigenvalue weighted by molar-refractivity contribution is 5.92. The van der Waals surface area contributed by atoms with Gasteiger partial charge in [0.05, 0.1) is 41.9 Å². The first-order chi connectivity index (χ1) is 15.7. The Morgan fingerprint density at radius 2 is 1.91 bits per heavy atom. The quantitative estimate of drug-likeness (QED) is 0.459. The van der Waals surface area contributed by atoms with E-state index in [4.69, 9.17) is 9.47 Å². The van der Waals surface area contributed by atoms with Gasteiger partial charge in [0.25, 0.3) is 0 Å². The molecule has 0 aliphatic heterocycles. The van der Waals surface area contributed by atoms with Crippen LogP contribution in [0.4, 0.5) is 10.1 Å². The molecule has 4 aromatic rings. The molecule has 2 aromatic heterocycles. The Kier molecular flexibility index (Phi) is 5.95. The molecule has 1 amide bonds. The number of hydrogen-bond acceptors (Lipinski definition) is 6. The third-order valence-corrected chi connectivity index (χ3v) is 4.95. The van der Waals surface area contributed by atoms with E-state index in [0.717, 1.165) is 0 Å². The number of nitrogens with one attached hydrogen (secondary N) is 1. The average molecular weight is 449 g/mol. The highest BCUT2D eigenvalue weighted by Crippen LogP contribution is 2.30. The number of benzene rings is 2. The van der Waals surface area contributed by atoms with E-state index in [1.54, 1.807) is 48.5 Å². The summed E-state index contributed by atoms with van der Waals surface area (Å²) in [5, 5.41) is 7.62. The van der Waals surface area contributed by atoms with Crippen LogP contribution in [0.2, 0.25) is 0 Å².